The lowest BCUT2D eigenvalue weighted by molar-refractivity contribution is -0.136. The number of aliphatic carboxylic acids is 1. The zero-order valence-electron chi connectivity index (χ0n) is 25.5. The maximum atomic E-state index is 12.7. The Bertz CT molecular complexity index is 1370. The summed E-state index contributed by atoms with van der Waals surface area (Å²) in [6.45, 7) is 7.73. The number of allylic oxidation sites excluding steroid dienone is 7. The molecule has 0 aromatic heterocycles. The van der Waals surface area contributed by atoms with Gasteiger partial charge in [0.2, 0.25) is 5.91 Å². The van der Waals surface area contributed by atoms with Crippen LogP contribution in [0.2, 0.25) is 5.02 Å². The first-order valence-corrected chi connectivity index (χ1v) is 15.8. The molecule has 2 aliphatic rings. The van der Waals surface area contributed by atoms with Gasteiger partial charge in [-0.1, -0.05) is 111 Å². The highest BCUT2D eigenvalue weighted by Gasteiger charge is 2.30. The van der Waals surface area contributed by atoms with Gasteiger partial charge in [0.15, 0.2) is 0 Å². The van der Waals surface area contributed by atoms with Gasteiger partial charge >= 0.3 is 5.97 Å². The number of halogens is 1. The van der Waals surface area contributed by atoms with Crippen LogP contribution in [0.1, 0.15) is 75.5 Å². The van der Waals surface area contributed by atoms with E-state index in [1.54, 1.807) is 0 Å². The van der Waals surface area contributed by atoms with E-state index in [0.29, 0.717) is 29.7 Å². The number of amides is 1. The molecule has 0 saturated heterocycles. The smallest absolute Gasteiger partial charge is 0.305 e. The Labute approximate surface area is 261 Å². The number of carboxylic acids is 1. The average molecular weight is 602 g/mol. The lowest BCUT2D eigenvalue weighted by Crippen LogP contribution is -2.31. The van der Waals surface area contributed by atoms with E-state index in [1.807, 2.05) is 18.2 Å². The first kappa shape index (κ1) is 32.5. The lowest BCUT2D eigenvalue weighted by Gasteiger charge is -2.33. The zero-order chi connectivity index (χ0) is 30.8. The highest BCUT2D eigenvalue weighted by Crippen LogP contribution is 2.40. The third-order valence-electron chi connectivity index (χ3n) is 8.46. The molecule has 4 unspecified atom stereocenters. The van der Waals surface area contributed by atoms with Crippen molar-refractivity contribution >= 4 is 29.1 Å². The third-order valence-corrected chi connectivity index (χ3v) is 8.72. The monoisotopic (exact) mass is 601 g/mol. The van der Waals surface area contributed by atoms with Crippen LogP contribution >= 0.6 is 11.6 Å². The second kappa shape index (κ2) is 15.9. The first-order chi connectivity index (χ1) is 20.7. The molecule has 0 spiro atoms. The van der Waals surface area contributed by atoms with Crippen LogP contribution in [-0.4, -0.2) is 30.1 Å². The fraction of sp³-hybridized carbons (Fsp3) is 0.405. The molecule has 6 heteroatoms. The van der Waals surface area contributed by atoms with Gasteiger partial charge < -0.3 is 15.2 Å². The van der Waals surface area contributed by atoms with E-state index in [-0.39, 0.29) is 36.6 Å². The van der Waals surface area contributed by atoms with E-state index in [2.05, 4.69) is 86.8 Å². The van der Waals surface area contributed by atoms with Crippen molar-refractivity contribution in [2.24, 2.45) is 17.8 Å². The van der Waals surface area contributed by atoms with Crippen LogP contribution in [0.4, 0.5) is 0 Å². The summed E-state index contributed by atoms with van der Waals surface area (Å²) in [7, 11) is 0. The van der Waals surface area contributed by atoms with Crippen molar-refractivity contribution in [3.8, 4) is 0 Å². The number of carboxylic acid groups (broad SMARTS) is 1. The largest absolute Gasteiger partial charge is 0.481 e. The van der Waals surface area contributed by atoms with Crippen LogP contribution in [-0.2, 0) is 20.9 Å². The molecule has 4 rings (SSSR count). The predicted octanol–water partition coefficient (Wildman–Crippen LogP) is 8.52. The number of hydrogen-bond donors (Lipinski definition) is 2. The van der Waals surface area contributed by atoms with Gasteiger partial charge in [-0.15, -0.1) is 0 Å². The Kier molecular flexibility index (Phi) is 12.0. The van der Waals surface area contributed by atoms with Crippen molar-refractivity contribution in [2.75, 3.05) is 13.2 Å². The van der Waals surface area contributed by atoms with Gasteiger partial charge in [0, 0.05) is 23.1 Å². The summed E-state index contributed by atoms with van der Waals surface area (Å²) in [6, 6.07) is 16.8. The Morgan fingerprint density at radius 3 is 2.42 bits per heavy atom. The van der Waals surface area contributed by atoms with E-state index in [4.69, 9.17) is 21.4 Å². The molecule has 0 bridgehead atoms. The number of carbonyl (C=O) groups is 2. The molecule has 2 aromatic rings. The summed E-state index contributed by atoms with van der Waals surface area (Å²) in [5.74, 6) is -0.101. The molecule has 0 aliphatic heterocycles. The molecule has 5 nitrogen and oxygen atoms in total. The minimum Gasteiger partial charge on any atom is -0.481 e. The normalized spacial score (nSPS) is 19.6. The summed E-state index contributed by atoms with van der Waals surface area (Å²) in [5.41, 5.74) is 6.86. The molecule has 43 heavy (non-hydrogen) atoms. The summed E-state index contributed by atoms with van der Waals surface area (Å²) in [4.78, 5) is 23.6. The Balaban J connectivity index is 1.48. The lowest BCUT2D eigenvalue weighted by atomic mass is 9.73. The molecule has 1 amide bonds. The summed E-state index contributed by atoms with van der Waals surface area (Å²) in [6.07, 6.45) is 14.6. The first-order valence-electron chi connectivity index (χ1n) is 15.5. The standard InChI is InChI=1S/C37H44ClNO4/c1-4-5-34(31-16-19-33(26(3)22-31)37(42)39-21-20-36(40)41)35(30-14-17-32(38)18-15-30)24-43-23-27-8-12-29(13-9-27)28-10-6-25(2)7-11-28/h6,8-19,25-26,34-35H,4-5,7,20-24H2,1-3H3,(H,39,42)(H,40,41). The zero-order valence-corrected chi connectivity index (χ0v) is 26.3. The quantitative estimate of drug-likeness (QED) is 0.227. The number of carbonyl (C=O) groups excluding carboxylic acids is 1. The molecular formula is C37H44ClNO4. The summed E-state index contributed by atoms with van der Waals surface area (Å²) < 4.78 is 6.42. The van der Waals surface area contributed by atoms with Crippen molar-refractivity contribution in [3.05, 3.63) is 112 Å². The molecule has 2 N–H and O–H groups in total. The molecule has 0 radical (unpaired) electrons. The van der Waals surface area contributed by atoms with Crippen molar-refractivity contribution < 1.29 is 19.4 Å². The second-order valence-corrected chi connectivity index (χ2v) is 12.3. The Morgan fingerprint density at radius 1 is 1.05 bits per heavy atom. The van der Waals surface area contributed by atoms with E-state index >= 15 is 0 Å². The van der Waals surface area contributed by atoms with Gasteiger partial charge in [-0.05, 0) is 71.4 Å². The van der Waals surface area contributed by atoms with Gasteiger partial charge in [0.05, 0.1) is 19.6 Å². The summed E-state index contributed by atoms with van der Waals surface area (Å²) in [5, 5.41) is 12.3. The summed E-state index contributed by atoms with van der Waals surface area (Å²) >= 11 is 6.26. The third kappa shape index (κ3) is 9.29. The Morgan fingerprint density at radius 2 is 1.79 bits per heavy atom. The van der Waals surface area contributed by atoms with Crippen molar-refractivity contribution in [3.63, 3.8) is 0 Å². The van der Waals surface area contributed by atoms with Gasteiger partial charge in [-0.3, -0.25) is 9.59 Å². The number of hydrogen-bond acceptors (Lipinski definition) is 3. The predicted molar refractivity (Wildman–Crippen MR) is 175 cm³/mol. The Hall–Kier alpha value is -3.41. The fourth-order valence-electron chi connectivity index (χ4n) is 6.00. The van der Waals surface area contributed by atoms with Crippen molar-refractivity contribution in [1.82, 2.24) is 5.32 Å². The minimum absolute atomic E-state index is 0.0341. The topological polar surface area (TPSA) is 75.6 Å². The van der Waals surface area contributed by atoms with Crippen molar-refractivity contribution in [2.45, 2.75) is 65.4 Å². The fourth-order valence-corrected chi connectivity index (χ4v) is 6.13. The number of benzene rings is 2. The van der Waals surface area contributed by atoms with E-state index in [1.165, 1.54) is 22.3 Å². The van der Waals surface area contributed by atoms with Crippen LogP contribution in [0.15, 0.2) is 90.1 Å². The second-order valence-electron chi connectivity index (χ2n) is 11.9. The van der Waals surface area contributed by atoms with Gasteiger partial charge in [0.1, 0.15) is 0 Å². The van der Waals surface area contributed by atoms with Crippen LogP contribution in [0.3, 0.4) is 0 Å². The maximum Gasteiger partial charge on any atom is 0.305 e. The molecular weight excluding hydrogens is 558 g/mol. The number of ether oxygens (including phenoxy) is 1. The molecule has 0 saturated carbocycles. The molecule has 4 atom stereocenters. The highest BCUT2D eigenvalue weighted by molar-refractivity contribution is 6.30. The van der Waals surface area contributed by atoms with Gasteiger partial charge in [0.25, 0.3) is 0 Å². The van der Waals surface area contributed by atoms with Crippen LogP contribution in [0, 0.1) is 17.8 Å². The minimum atomic E-state index is -0.924. The van der Waals surface area contributed by atoms with Crippen molar-refractivity contribution in [1.29, 1.82) is 0 Å². The number of rotatable bonds is 14. The molecule has 2 aromatic carbocycles. The van der Waals surface area contributed by atoms with Gasteiger partial charge in [-0.2, -0.15) is 0 Å². The number of nitrogens with one attached hydrogen (secondary N) is 1. The molecule has 0 heterocycles. The molecule has 228 valence electrons. The van der Waals surface area contributed by atoms with Crippen LogP contribution < -0.4 is 5.32 Å². The SMILES string of the molecule is CCCC(C1=CC=C(C(=O)NCCC(=O)O)C(C)C1)C(COCc1ccc(C2=CCC(C)C=C2)cc1)c1ccc(Cl)cc1. The van der Waals surface area contributed by atoms with Crippen LogP contribution in [0.5, 0.6) is 0 Å². The van der Waals surface area contributed by atoms with E-state index in [9.17, 15) is 9.59 Å². The van der Waals surface area contributed by atoms with Crippen LogP contribution in [0.25, 0.3) is 5.57 Å². The van der Waals surface area contributed by atoms with E-state index in [0.717, 1.165) is 31.2 Å². The maximum absolute atomic E-state index is 12.7. The highest BCUT2D eigenvalue weighted by atomic mass is 35.5. The van der Waals surface area contributed by atoms with Gasteiger partial charge in [-0.25, -0.2) is 0 Å². The molecule has 2 aliphatic carbocycles. The molecule has 0 fully saturated rings. The average Bonchev–Trinajstić information content (AvgIpc) is 2.99. The van der Waals surface area contributed by atoms with E-state index < -0.39 is 5.97 Å².